The molecule has 0 saturated heterocycles. The zero-order valence-electron chi connectivity index (χ0n) is 7.10. The van der Waals surface area contributed by atoms with Crippen LogP contribution in [0.3, 0.4) is 0 Å². The lowest BCUT2D eigenvalue weighted by Gasteiger charge is -2.09. The Morgan fingerprint density at radius 3 is 2.92 bits per heavy atom. The molecular formula is C8H13N3S. The molecule has 0 amide bonds. The van der Waals surface area contributed by atoms with E-state index >= 15 is 0 Å². The number of hydrogen-bond donors (Lipinski definition) is 1. The van der Waals surface area contributed by atoms with Crippen molar-refractivity contribution in [2.45, 2.75) is 23.6 Å². The first-order valence-corrected chi connectivity index (χ1v) is 4.87. The van der Waals surface area contributed by atoms with Gasteiger partial charge in [0.1, 0.15) is 5.03 Å². The van der Waals surface area contributed by atoms with Gasteiger partial charge in [0.05, 0.1) is 6.20 Å². The van der Waals surface area contributed by atoms with E-state index < -0.39 is 0 Å². The number of hydrogen-bond acceptors (Lipinski definition) is 4. The van der Waals surface area contributed by atoms with Crippen molar-refractivity contribution in [1.82, 2.24) is 9.97 Å². The first-order chi connectivity index (χ1) is 5.86. The van der Waals surface area contributed by atoms with Crippen molar-refractivity contribution in [2.24, 2.45) is 5.73 Å². The molecule has 4 heteroatoms. The van der Waals surface area contributed by atoms with E-state index in [1.54, 1.807) is 30.4 Å². The second kappa shape index (κ2) is 5.11. The molecular weight excluding hydrogens is 170 g/mol. The van der Waals surface area contributed by atoms with E-state index in [9.17, 15) is 0 Å². The Labute approximate surface area is 76.8 Å². The van der Waals surface area contributed by atoms with Crippen LogP contribution in [0, 0.1) is 0 Å². The molecule has 0 aliphatic carbocycles. The Balaban J connectivity index is 2.51. The van der Waals surface area contributed by atoms with Crippen molar-refractivity contribution in [1.29, 1.82) is 0 Å². The van der Waals surface area contributed by atoms with Gasteiger partial charge in [-0.15, -0.1) is 11.8 Å². The summed E-state index contributed by atoms with van der Waals surface area (Å²) in [5.74, 6) is 0. The van der Waals surface area contributed by atoms with Crippen LogP contribution in [-0.4, -0.2) is 21.8 Å². The van der Waals surface area contributed by atoms with E-state index in [0.29, 0.717) is 11.8 Å². The smallest absolute Gasteiger partial charge is 0.115 e. The van der Waals surface area contributed by atoms with Gasteiger partial charge in [0.2, 0.25) is 0 Å². The summed E-state index contributed by atoms with van der Waals surface area (Å²) >= 11 is 1.69. The molecule has 1 aromatic rings. The van der Waals surface area contributed by atoms with E-state index in [4.69, 9.17) is 5.73 Å². The van der Waals surface area contributed by atoms with Crippen molar-refractivity contribution >= 4 is 11.8 Å². The van der Waals surface area contributed by atoms with Gasteiger partial charge in [-0.3, -0.25) is 4.98 Å². The number of nitrogens with two attached hydrogens (primary N) is 1. The maximum Gasteiger partial charge on any atom is 0.115 e. The van der Waals surface area contributed by atoms with Crippen LogP contribution in [0.5, 0.6) is 0 Å². The summed E-state index contributed by atoms with van der Waals surface area (Å²) in [6, 6.07) is 0. The Bertz CT molecular complexity index is 211. The standard InChI is InChI=1S/C8H13N3S/c1-2-7(5-9)12-8-6-10-3-4-11-8/h3-4,6-7H,2,5,9H2,1H3. The zero-order valence-corrected chi connectivity index (χ0v) is 7.92. The largest absolute Gasteiger partial charge is 0.329 e. The van der Waals surface area contributed by atoms with E-state index in [1.807, 2.05) is 0 Å². The maximum absolute atomic E-state index is 5.56. The Morgan fingerprint density at radius 1 is 1.58 bits per heavy atom. The van der Waals surface area contributed by atoms with E-state index in [-0.39, 0.29) is 0 Å². The highest BCUT2D eigenvalue weighted by Crippen LogP contribution is 2.20. The molecule has 2 N–H and O–H groups in total. The van der Waals surface area contributed by atoms with Crippen LogP contribution in [0.1, 0.15) is 13.3 Å². The predicted octanol–water partition coefficient (Wildman–Crippen LogP) is 1.31. The van der Waals surface area contributed by atoms with E-state index in [0.717, 1.165) is 11.4 Å². The van der Waals surface area contributed by atoms with Gasteiger partial charge in [-0.2, -0.15) is 0 Å². The average Bonchev–Trinajstić information content (AvgIpc) is 2.16. The second-order valence-electron chi connectivity index (χ2n) is 2.43. The van der Waals surface area contributed by atoms with Crippen molar-refractivity contribution in [3.8, 4) is 0 Å². The maximum atomic E-state index is 5.56. The molecule has 0 fully saturated rings. The summed E-state index contributed by atoms with van der Waals surface area (Å²) in [6.45, 7) is 2.82. The topological polar surface area (TPSA) is 51.8 Å². The molecule has 1 unspecified atom stereocenters. The van der Waals surface area contributed by atoms with Crippen molar-refractivity contribution in [2.75, 3.05) is 6.54 Å². The Kier molecular flexibility index (Phi) is 4.04. The third-order valence-electron chi connectivity index (χ3n) is 1.55. The van der Waals surface area contributed by atoms with Crippen LogP contribution < -0.4 is 5.73 Å². The molecule has 0 saturated carbocycles. The summed E-state index contributed by atoms with van der Waals surface area (Å²) in [5, 5.41) is 1.41. The van der Waals surface area contributed by atoms with Crippen LogP contribution in [0.2, 0.25) is 0 Å². The lowest BCUT2D eigenvalue weighted by Crippen LogP contribution is -2.15. The van der Waals surface area contributed by atoms with Gasteiger partial charge >= 0.3 is 0 Å². The molecule has 0 aliphatic rings. The first kappa shape index (κ1) is 9.48. The highest BCUT2D eigenvalue weighted by molar-refractivity contribution is 7.99. The Hall–Kier alpha value is -0.610. The van der Waals surface area contributed by atoms with Crippen LogP contribution >= 0.6 is 11.8 Å². The molecule has 1 rings (SSSR count). The van der Waals surface area contributed by atoms with E-state index in [1.165, 1.54) is 0 Å². The molecule has 0 aliphatic heterocycles. The summed E-state index contributed by atoms with van der Waals surface area (Å²) in [6.07, 6.45) is 6.21. The number of thioether (sulfide) groups is 1. The first-order valence-electron chi connectivity index (χ1n) is 3.99. The highest BCUT2D eigenvalue weighted by Gasteiger charge is 2.05. The van der Waals surface area contributed by atoms with Crippen LogP contribution in [0.25, 0.3) is 0 Å². The van der Waals surface area contributed by atoms with Crippen LogP contribution in [0.15, 0.2) is 23.6 Å². The molecule has 0 radical (unpaired) electrons. The fourth-order valence-corrected chi connectivity index (χ4v) is 1.66. The summed E-state index contributed by atoms with van der Waals surface area (Å²) in [4.78, 5) is 8.14. The lowest BCUT2D eigenvalue weighted by atomic mass is 10.3. The average molecular weight is 183 g/mol. The number of rotatable bonds is 4. The molecule has 1 aromatic heterocycles. The molecule has 0 spiro atoms. The van der Waals surface area contributed by atoms with Gasteiger partial charge in [0, 0.05) is 24.2 Å². The van der Waals surface area contributed by atoms with Gasteiger partial charge < -0.3 is 5.73 Å². The molecule has 0 bridgehead atoms. The molecule has 1 atom stereocenters. The van der Waals surface area contributed by atoms with Gasteiger partial charge in [-0.1, -0.05) is 6.92 Å². The number of nitrogens with zero attached hydrogens (tertiary/aromatic N) is 2. The molecule has 3 nitrogen and oxygen atoms in total. The fraction of sp³-hybridized carbons (Fsp3) is 0.500. The van der Waals surface area contributed by atoms with Crippen LogP contribution in [-0.2, 0) is 0 Å². The third kappa shape index (κ3) is 2.79. The minimum absolute atomic E-state index is 0.460. The van der Waals surface area contributed by atoms with Crippen molar-refractivity contribution in [3.05, 3.63) is 18.6 Å². The van der Waals surface area contributed by atoms with E-state index in [2.05, 4.69) is 16.9 Å². The summed E-state index contributed by atoms with van der Waals surface area (Å²) in [5.41, 5.74) is 5.56. The minimum Gasteiger partial charge on any atom is -0.329 e. The quantitative estimate of drug-likeness (QED) is 0.715. The van der Waals surface area contributed by atoms with Crippen molar-refractivity contribution < 1.29 is 0 Å². The molecule has 0 aromatic carbocycles. The molecule has 1 heterocycles. The normalized spacial score (nSPS) is 12.8. The summed E-state index contributed by atoms with van der Waals surface area (Å²) in [7, 11) is 0. The van der Waals surface area contributed by atoms with Crippen molar-refractivity contribution in [3.63, 3.8) is 0 Å². The molecule has 66 valence electrons. The second-order valence-corrected chi connectivity index (χ2v) is 3.75. The monoisotopic (exact) mass is 183 g/mol. The Morgan fingerprint density at radius 2 is 2.42 bits per heavy atom. The minimum atomic E-state index is 0.460. The highest BCUT2D eigenvalue weighted by atomic mass is 32.2. The third-order valence-corrected chi connectivity index (χ3v) is 2.86. The number of aromatic nitrogens is 2. The summed E-state index contributed by atoms with van der Waals surface area (Å²) < 4.78 is 0. The SMILES string of the molecule is CCC(CN)Sc1cnccn1. The van der Waals surface area contributed by atoms with Gasteiger partial charge in [0.25, 0.3) is 0 Å². The zero-order chi connectivity index (χ0) is 8.81. The van der Waals surface area contributed by atoms with Gasteiger partial charge in [-0.05, 0) is 6.42 Å². The van der Waals surface area contributed by atoms with Crippen LogP contribution in [0.4, 0.5) is 0 Å². The predicted molar refractivity (Wildman–Crippen MR) is 51.0 cm³/mol. The van der Waals surface area contributed by atoms with Gasteiger partial charge in [0.15, 0.2) is 0 Å². The van der Waals surface area contributed by atoms with Gasteiger partial charge in [-0.25, -0.2) is 4.98 Å². The fourth-order valence-electron chi connectivity index (χ4n) is 0.815. The lowest BCUT2D eigenvalue weighted by molar-refractivity contribution is 0.823. The molecule has 12 heavy (non-hydrogen) atoms.